The number of aromatic nitrogens is 1. The molecule has 1 N–H and O–H groups in total. The van der Waals surface area contributed by atoms with E-state index in [0.717, 1.165) is 11.4 Å². The molecule has 0 aliphatic carbocycles. The van der Waals surface area contributed by atoms with E-state index in [1.54, 1.807) is 38.3 Å². The quantitative estimate of drug-likeness (QED) is 0.540. The van der Waals surface area contributed by atoms with Crippen LogP contribution in [-0.2, 0) is 16.1 Å². The molecule has 1 aromatic heterocycles. The minimum absolute atomic E-state index is 0.286. The number of hydrogen-bond donors (Lipinski definition) is 1. The average molecular weight is 405 g/mol. The van der Waals surface area contributed by atoms with Crippen LogP contribution >= 0.6 is 11.6 Å². The van der Waals surface area contributed by atoms with Gasteiger partial charge in [-0.05, 0) is 45.9 Å². The van der Waals surface area contributed by atoms with E-state index in [2.05, 4.69) is 5.32 Å². The van der Waals surface area contributed by atoms with Crippen molar-refractivity contribution in [2.24, 2.45) is 0 Å². The number of benzene rings is 1. The van der Waals surface area contributed by atoms with Crippen LogP contribution in [-0.4, -0.2) is 30.2 Å². The second-order valence-electron chi connectivity index (χ2n) is 6.09. The lowest BCUT2D eigenvalue weighted by Gasteiger charge is -2.07. The number of nitrogens with zero attached hydrogens (tertiary/aromatic N) is 1. The van der Waals surface area contributed by atoms with Crippen molar-refractivity contribution < 1.29 is 19.1 Å². The molecule has 0 radical (unpaired) electrons. The molecule has 0 saturated heterocycles. The number of amides is 1. The number of hydrogen-bond acceptors (Lipinski definition) is 4. The van der Waals surface area contributed by atoms with Crippen molar-refractivity contribution in [3.05, 3.63) is 51.8 Å². The van der Waals surface area contributed by atoms with Gasteiger partial charge in [0.15, 0.2) is 0 Å². The zero-order valence-corrected chi connectivity index (χ0v) is 17.5. The van der Waals surface area contributed by atoms with E-state index in [9.17, 15) is 9.59 Å². The first kappa shape index (κ1) is 21.6. The largest absolute Gasteiger partial charge is 0.497 e. The summed E-state index contributed by atoms with van der Waals surface area (Å²) in [6, 6.07) is 4.99. The molecule has 0 aliphatic heterocycles. The molecule has 2 aromatic rings. The Balaban J connectivity index is 2.30. The Kier molecular flexibility index (Phi) is 7.29. The van der Waals surface area contributed by atoms with Crippen molar-refractivity contribution in [1.82, 2.24) is 4.57 Å². The second-order valence-corrected chi connectivity index (χ2v) is 6.50. The number of carbonyl (C=O) groups excluding carboxylic acids is 2. The molecular formula is C21H25ClN2O4. The molecule has 1 aromatic carbocycles. The molecule has 7 heteroatoms. The van der Waals surface area contributed by atoms with Gasteiger partial charge in [0, 0.05) is 35.6 Å². The maximum absolute atomic E-state index is 12.4. The Morgan fingerprint density at radius 1 is 1.21 bits per heavy atom. The van der Waals surface area contributed by atoms with Crippen molar-refractivity contribution in [3.63, 3.8) is 0 Å². The molecular weight excluding hydrogens is 380 g/mol. The Labute approximate surface area is 170 Å². The molecule has 6 nitrogen and oxygen atoms in total. The van der Waals surface area contributed by atoms with E-state index in [4.69, 9.17) is 21.1 Å². The highest BCUT2D eigenvalue weighted by atomic mass is 35.5. The first-order valence-electron chi connectivity index (χ1n) is 9.03. The lowest BCUT2D eigenvalue weighted by molar-refractivity contribution is -0.111. The van der Waals surface area contributed by atoms with Gasteiger partial charge in [-0.15, -0.1) is 0 Å². The van der Waals surface area contributed by atoms with Crippen molar-refractivity contribution in [1.29, 1.82) is 0 Å². The van der Waals surface area contributed by atoms with Gasteiger partial charge in [-0.2, -0.15) is 0 Å². The minimum Gasteiger partial charge on any atom is -0.497 e. The van der Waals surface area contributed by atoms with Gasteiger partial charge >= 0.3 is 5.97 Å². The van der Waals surface area contributed by atoms with Gasteiger partial charge in [0.05, 0.1) is 30.0 Å². The molecule has 0 unspecified atom stereocenters. The molecule has 150 valence electrons. The van der Waals surface area contributed by atoms with Gasteiger partial charge in [0.2, 0.25) is 5.91 Å². The lowest BCUT2D eigenvalue weighted by Crippen LogP contribution is -2.09. The van der Waals surface area contributed by atoms with Crippen LogP contribution in [0.5, 0.6) is 5.75 Å². The Bertz CT molecular complexity index is 916. The number of rotatable bonds is 7. The fourth-order valence-electron chi connectivity index (χ4n) is 3.10. The van der Waals surface area contributed by atoms with E-state index in [-0.39, 0.29) is 12.5 Å². The van der Waals surface area contributed by atoms with E-state index in [0.29, 0.717) is 34.1 Å². The topological polar surface area (TPSA) is 69.6 Å². The summed E-state index contributed by atoms with van der Waals surface area (Å²) in [4.78, 5) is 24.8. The molecule has 1 amide bonds. The molecule has 2 rings (SSSR count). The molecule has 0 saturated carbocycles. The summed E-state index contributed by atoms with van der Waals surface area (Å²) in [5, 5.41) is 3.10. The SMILES string of the molecule is CCOC(=O)c1c(C=CC(=O)Nc2ccc(OC)cc2Cl)c(C)n(CC)c1C. The average Bonchev–Trinajstić information content (AvgIpc) is 2.91. The molecule has 1 heterocycles. The first-order chi connectivity index (χ1) is 13.3. The maximum Gasteiger partial charge on any atom is 0.340 e. The van der Waals surface area contributed by atoms with Gasteiger partial charge in [-0.1, -0.05) is 11.6 Å². The van der Waals surface area contributed by atoms with E-state index in [1.165, 1.54) is 6.08 Å². The molecule has 0 bridgehead atoms. The second kappa shape index (κ2) is 9.46. The van der Waals surface area contributed by atoms with Crippen LogP contribution in [0.1, 0.15) is 41.2 Å². The number of nitrogens with one attached hydrogen (secondary N) is 1. The van der Waals surface area contributed by atoms with Gasteiger partial charge in [-0.3, -0.25) is 4.79 Å². The lowest BCUT2D eigenvalue weighted by atomic mass is 10.1. The van der Waals surface area contributed by atoms with Crippen molar-refractivity contribution in [3.8, 4) is 5.75 Å². The smallest absolute Gasteiger partial charge is 0.340 e. The van der Waals surface area contributed by atoms with Crippen LogP contribution in [0.3, 0.4) is 0 Å². The Morgan fingerprint density at radius 3 is 2.50 bits per heavy atom. The van der Waals surface area contributed by atoms with Crippen molar-refractivity contribution in [2.75, 3.05) is 19.0 Å². The van der Waals surface area contributed by atoms with Crippen LogP contribution < -0.4 is 10.1 Å². The van der Waals surface area contributed by atoms with Crippen LogP contribution in [0, 0.1) is 13.8 Å². The molecule has 0 atom stereocenters. The molecule has 0 spiro atoms. The van der Waals surface area contributed by atoms with Crippen LogP contribution in [0.25, 0.3) is 6.08 Å². The fraction of sp³-hybridized carbons (Fsp3) is 0.333. The van der Waals surface area contributed by atoms with E-state index >= 15 is 0 Å². The van der Waals surface area contributed by atoms with Crippen LogP contribution in [0.15, 0.2) is 24.3 Å². The van der Waals surface area contributed by atoms with E-state index in [1.807, 2.05) is 25.3 Å². The van der Waals surface area contributed by atoms with Crippen molar-refractivity contribution in [2.45, 2.75) is 34.2 Å². The Morgan fingerprint density at radius 2 is 1.93 bits per heavy atom. The van der Waals surface area contributed by atoms with Crippen molar-refractivity contribution >= 4 is 35.2 Å². The summed E-state index contributed by atoms with van der Waals surface area (Å²) in [6.07, 6.45) is 3.01. The minimum atomic E-state index is -0.395. The predicted octanol–water partition coefficient (Wildman–Crippen LogP) is 4.62. The van der Waals surface area contributed by atoms with Gasteiger partial charge < -0.3 is 19.4 Å². The predicted molar refractivity (Wildman–Crippen MR) is 111 cm³/mol. The summed E-state index contributed by atoms with van der Waals surface area (Å²) < 4.78 is 12.3. The summed E-state index contributed by atoms with van der Waals surface area (Å²) in [7, 11) is 1.54. The molecule has 0 fully saturated rings. The third-order valence-electron chi connectivity index (χ3n) is 4.46. The number of carbonyl (C=O) groups is 2. The number of anilines is 1. The van der Waals surface area contributed by atoms with E-state index < -0.39 is 5.97 Å². The summed E-state index contributed by atoms with van der Waals surface area (Å²) in [6.45, 7) is 8.55. The normalized spacial score (nSPS) is 10.9. The van der Waals surface area contributed by atoms with Gasteiger partial charge in [0.1, 0.15) is 5.75 Å². The monoisotopic (exact) mass is 404 g/mol. The third-order valence-corrected chi connectivity index (χ3v) is 4.77. The van der Waals surface area contributed by atoms with Gasteiger partial charge in [0.25, 0.3) is 0 Å². The first-order valence-corrected chi connectivity index (χ1v) is 9.41. The third kappa shape index (κ3) is 4.57. The van der Waals surface area contributed by atoms with Gasteiger partial charge in [-0.25, -0.2) is 4.79 Å². The highest BCUT2D eigenvalue weighted by molar-refractivity contribution is 6.34. The number of halogens is 1. The number of ether oxygens (including phenoxy) is 2. The summed E-state index contributed by atoms with van der Waals surface area (Å²) >= 11 is 6.16. The summed E-state index contributed by atoms with van der Waals surface area (Å²) in [5.74, 6) is -0.152. The maximum atomic E-state index is 12.4. The summed E-state index contributed by atoms with van der Waals surface area (Å²) in [5.41, 5.74) is 3.34. The number of esters is 1. The fourth-order valence-corrected chi connectivity index (χ4v) is 3.32. The highest BCUT2D eigenvalue weighted by Crippen LogP contribution is 2.27. The molecule has 0 aliphatic rings. The van der Waals surface area contributed by atoms with Crippen LogP contribution in [0.4, 0.5) is 5.69 Å². The zero-order valence-electron chi connectivity index (χ0n) is 16.8. The Hall–Kier alpha value is -2.73. The highest BCUT2D eigenvalue weighted by Gasteiger charge is 2.22. The standard InChI is InChI=1S/C21H25ClN2O4/c1-6-24-13(3)16(20(14(24)4)21(26)28-7-2)9-11-19(25)23-18-10-8-15(27-5)12-17(18)22/h8-12H,6-7H2,1-5H3,(H,23,25). The zero-order chi connectivity index (χ0) is 20.8. The van der Waals surface area contributed by atoms with Crippen LogP contribution in [0.2, 0.25) is 5.02 Å². The number of methoxy groups -OCH3 is 1. The molecule has 28 heavy (non-hydrogen) atoms.